The van der Waals surface area contributed by atoms with Crippen molar-refractivity contribution in [2.45, 2.75) is 23.3 Å². The van der Waals surface area contributed by atoms with Crippen LogP contribution in [0.3, 0.4) is 0 Å². The summed E-state index contributed by atoms with van der Waals surface area (Å²) in [4.78, 5) is 24.2. The van der Waals surface area contributed by atoms with E-state index < -0.39 is 5.92 Å². The number of hydrogen-bond acceptors (Lipinski definition) is 6. The van der Waals surface area contributed by atoms with Crippen molar-refractivity contribution in [2.24, 2.45) is 11.8 Å². The van der Waals surface area contributed by atoms with Crippen LogP contribution < -0.4 is 0 Å². The minimum Gasteiger partial charge on any atom is -0.464 e. The summed E-state index contributed by atoms with van der Waals surface area (Å²) in [5.41, 5.74) is 0. The van der Waals surface area contributed by atoms with E-state index in [2.05, 4.69) is 0 Å². The van der Waals surface area contributed by atoms with Crippen molar-refractivity contribution in [3.63, 3.8) is 0 Å². The van der Waals surface area contributed by atoms with Crippen LogP contribution in [0.4, 0.5) is 0 Å². The summed E-state index contributed by atoms with van der Waals surface area (Å²) in [6.45, 7) is 0.943. The van der Waals surface area contributed by atoms with Crippen LogP contribution in [0, 0.1) is 11.8 Å². The number of esters is 2. The quantitative estimate of drug-likeness (QED) is 0.424. The van der Waals surface area contributed by atoms with Gasteiger partial charge in [0.1, 0.15) is 13.2 Å². The SMILES string of the molecule is O=C(OCC1CS1)C1C=CCCC1C(=O)OCC1CS1. The van der Waals surface area contributed by atoms with E-state index in [1.807, 2.05) is 12.2 Å². The van der Waals surface area contributed by atoms with Gasteiger partial charge in [-0.25, -0.2) is 0 Å². The average Bonchev–Trinajstić information content (AvgIpc) is 3.36. The van der Waals surface area contributed by atoms with Gasteiger partial charge in [0.15, 0.2) is 0 Å². The molecule has 4 unspecified atom stereocenters. The molecule has 0 bridgehead atoms. The summed E-state index contributed by atoms with van der Waals surface area (Å²) in [6.07, 6.45) is 5.26. The molecule has 2 aliphatic heterocycles. The molecule has 0 aromatic heterocycles. The van der Waals surface area contributed by atoms with Crippen LogP contribution in [-0.4, -0.2) is 47.2 Å². The zero-order valence-corrected chi connectivity index (χ0v) is 12.8. The number of allylic oxidation sites excluding steroid dienone is 1. The van der Waals surface area contributed by atoms with Gasteiger partial charge < -0.3 is 9.47 Å². The standard InChI is InChI=1S/C14H18O4S2/c15-13(17-5-9-7-19-9)11-3-1-2-4-12(11)14(16)18-6-10-8-20-10/h1,3,9-12H,2,4-8H2. The Kier molecular flexibility index (Phi) is 4.61. The molecule has 0 aromatic carbocycles. The summed E-state index contributed by atoms with van der Waals surface area (Å²) < 4.78 is 10.6. The molecule has 0 spiro atoms. The molecular formula is C14H18O4S2. The first kappa shape index (κ1) is 14.3. The third-order valence-electron chi connectivity index (χ3n) is 3.62. The first-order valence-corrected chi connectivity index (χ1v) is 9.07. The molecule has 0 radical (unpaired) electrons. The predicted molar refractivity (Wildman–Crippen MR) is 79.8 cm³/mol. The molecule has 1 aliphatic carbocycles. The van der Waals surface area contributed by atoms with Crippen molar-refractivity contribution in [2.75, 3.05) is 24.7 Å². The highest BCUT2D eigenvalue weighted by atomic mass is 32.2. The Morgan fingerprint density at radius 1 is 1.05 bits per heavy atom. The van der Waals surface area contributed by atoms with E-state index >= 15 is 0 Å². The largest absolute Gasteiger partial charge is 0.464 e. The lowest BCUT2D eigenvalue weighted by Crippen LogP contribution is -2.34. The first-order chi connectivity index (χ1) is 9.74. The number of rotatable bonds is 6. The van der Waals surface area contributed by atoms with Crippen LogP contribution in [0.5, 0.6) is 0 Å². The number of ether oxygens (including phenoxy) is 2. The fraction of sp³-hybridized carbons (Fsp3) is 0.714. The normalized spacial score (nSPS) is 34.4. The number of carbonyl (C=O) groups excluding carboxylic acids is 2. The molecule has 2 saturated heterocycles. The highest BCUT2D eigenvalue weighted by Gasteiger charge is 2.37. The predicted octanol–water partition coefficient (Wildman–Crippen LogP) is 1.89. The highest BCUT2D eigenvalue weighted by molar-refractivity contribution is 8.07. The van der Waals surface area contributed by atoms with Gasteiger partial charge in [-0.15, -0.1) is 0 Å². The van der Waals surface area contributed by atoms with Crippen molar-refractivity contribution in [3.8, 4) is 0 Å². The zero-order chi connectivity index (χ0) is 13.9. The maximum atomic E-state index is 12.1. The topological polar surface area (TPSA) is 52.6 Å². The van der Waals surface area contributed by atoms with Crippen LogP contribution in [0.1, 0.15) is 12.8 Å². The molecule has 20 heavy (non-hydrogen) atoms. The van der Waals surface area contributed by atoms with Gasteiger partial charge in [0.25, 0.3) is 0 Å². The van der Waals surface area contributed by atoms with Crippen LogP contribution in [0.25, 0.3) is 0 Å². The summed E-state index contributed by atoms with van der Waals surface area (Å²) in [6, 6.07) is 0. The third-order valence-corrected chi connectivity index (χ3v) is 5.51. The van der Waals surface area contributed by atoms with Crippen LogP contribution in [-0.2, 0) is 19.1 Å². The average molecular weight is 314 g/mol. The van der Waals surface area contributed by atoms with Crippen LogP contribution in [0.2, 0.25) is 0 Å². The maximum Gasteiger partial charge on any atom is 0.313 e. The summed E-state index contributed by atoms with van der Waals surface area (Å²) in [5, 5.41) is 0.930. The fourth-order valence-corrected chi connectivity index (χ4v) is 3.01. The molecule has 3 aliphatic rings. The minimum atomic E-state index is -0.466. The molecule has 0 N–H and O–H groups in total. The van der Waals surface area contributed by atoms with E-state index in [0.29, 0.717) is 30.1 Å². The molecule has 3 rings (SSSR count). The monoisotopic (exact) mass is 314 g/mol. The fourth-order valence-electron chi connectivity index (χ4n) is 2.22. The number of carbonyl (C=O) groups is 2. The molecule has 0 aromatic rings. The Labute approximate surface area is 127 Å². The molecule has 6 heteroatoms. The molecular weight excluding hydrogens is 296 g/mol. The summed E-state index contributed by atoms with van der Waals surface area (Å²) in [7, 11) is 0. The third kappa shape index (κ3) is 3.95. The van der Waals surface area contributed by atoms with Crippen molar-refractivity contribution in [3.05, 3.63) is 12.2 Å². The van der Waals surface area contributed by atoms with Gasteiger partial charge in [0, 0.05) is 22.0 Å². The van der Waals surface area contributed by atoms with Crippen molar-refractivity contribution in [1.29, 1.82) is 0 Å². The van der Waals surface area contributed by atoms with Gasteiger partial charge in [0.2, 0.25) is 0 Å². The van der Waals surface area contributed by atoms with Gasteiger partial charge in [0.05, 0.1) is 11.8 Å². The van der Waals surface area contributed by atoms with Crippen LogP contribution in [0.15, 0.2) is 12.2 Å². The Balaban J connectivity index is 1.53. The van der Waals surface area contributed by atoms with Gasteiger partial charge in [-0.1, -0.05) is 12.2 Å². The molecule has 4 atom stereocenters. The molecule has 0 saturated carbocycles. The Bertz CT molecular complexity index is 415. The Morgan fingerprint density at radius 3 is 2.25 bits per heavy atom. The second-order valence-corrected chi connectivity index (χ2v) is 7.98. The smallest absolute Gasteiger partial charge is 0.313 e. The van der Waals surface area contributed by atoms with Crippen LogP contribution >= 0.6 is 23.5 Å². The van der Waals surface area contributed by atoms with E-state index in [1.165, 1.54) is 0 Å². The Morgan fingerprint density at radius 2 is 1.65 bits per heavy atom. The molecule has 4 nitrogen and oxygen atoms in total. The van der Waals surface area contributed by atoms with Crippen molar-refractivity contribution < 1.29 is 19.1 Å². The summed E-state index contributed by atoms with van der Waals surface area (Å²) in [5.74, 6) is 0.775. The van der Waals surface area contributed by atoms with E-state index in [4.69, 9.17) is 9.47 Å². The highest BCUT2D eigenvalue weighted by Crippen LogP contribution is 2.33. The molecule has 0 amide bonds. The first-order valence-electron chi connectivity index (χ1n) is 6.97. The van der Waals surface area contributed by atoms with E-state index in [9.17, 15) is 9.59 Å². The Hall–Kier alpha value is -0.620. The summed E-state index contributed by atoms with van der Waals surface area (Å²) >= 11 is 3.59. The second-order valence-electron chi connectivity index (χ2n) is 5.31. The molecule has 110 valence electrons. The van der Waals surface area contributed by atoms with E-state index in [0.717, 1.165) is 17.9 Å². The maximum absolute atomic E-state index is 12.1. The molecule has 2 heterocycles. The lowest BCUT2D eigenvalue weighted by molar-refractivity contribution is -0.159. The van der Waals surface area contributed by atoms with Gasteiger partial charge in [-0.05, 0) is 12.8 Å². The minimum absolute atomic E-state index is 0.246. The van der Waals surface area contributed by atoms with Gasteiger partial charge in [-0.3, -0.25) is 9.59 Å². The number of thioether (sulfide) groups is 2. The lowest BCUT2D eigenvalue weighted by Gasteiger charge is -2.24. The lowest BCUT2D eigenvalue weighted by atomic mass is 9.84. The second kappa shape index (κ2) is 6.43. The van der Waals surface area contributed by atoms with E-state index in [1.54, 1.807) is 23.5 Å². The van der Waals surface area contributed by atoms with Gasteiger partial charge >= 0.3 is 11.9 Å². The van der Waals surface area contributed by atoms with Gasteiger partial charge in [-0.2, -0.15) is 23.5 Å². The van der Waals surface area contributed by atoms with Crippen molar-refractivity contribution in [1.82, 2.24) is 0 Å². The number of hydrogen-bond donors (Lipinski definition) is 0. The van der Waals surface area contributed by atoms with E-state index in [-0.39, 0.29) is 17.9 Å². The molecule has 2 fully saturated rings. The van der Waals surface area contributed by atoms with Crippen molar-refractivity contribution >= 4 is 35.5 Å². The zero-order valence-electron chi connectivity index (χ0n) is 11.2.